The van der Waals surface area contributed by atoms with E-state index in [0.717, 1.165) is 42.6 Å². The van der Waals surface area contributed by atoms with E-state index in [0.29, 0.717) is 13.0 Å². The maximum atomic E-state index is 12.8. The van der Waals surface area contributed by atoms with Gasteiger partial charge in [-0.1, -0.05) is 12.1 Å². The van der Waals surface area contributed by atoms with Crippen LogP contribution in [0.3, 0.4) is 0 Å². The molecule has 0 radical (unpaired) electrons. The van der Waals surface area contributed by atoms with Gasteiger partial charge < -0.3 is 10.1 Å². The molecule has 4 aliphatic carbocycles. The Morgan fingerprint density at radius 3 is 2.23 bits per heavy atom. The molecule has 7 heteroatoms. The van der Waals surface area contributed by atoms with E-state index in [1.165, 1.54) is 19.3 Å². The Morgan fingerprint density at radius 1 is 1.10 bits per heavy atom. The molecule has 1 aromatic carbocycles. The number of benzene rings is 1. The van der Waals surface area contributed by atoms with Crippen molar-refractivity contribution < 1.29 is 17.9 Å². The van der Waals surface area contributed by atoms with E-state index in [2.05, 4.69) is 10.0 Å². The molecular formula is C23H32N2O4S. The number of amides is 1. The highest BCUT2D eigenvalue weighted by molar-refractivity contribution is 7.89. The van der Waals surface area contributed by atoms with Gasteiger partial charge in [-0.15, -0.1) is 0 Å². The maximum Gasteiger partial charge on any atom is 0.240 e. The topological polar surface area (TPSA) is 84.5 Å². The average molecular weight is 433 g/mol. The lowest BCUT2D eigenvalue weighted by Gasteiger charge is -2.57. The first-order chi connectivity index (χ1) is 14.3. The Balaban J connectivity index is 1.18. The molecule has 1 amide bonds. The number of hydrogen-bond acceptors (Lipinski definition) is 4. The van der Waals surface area contributed by atoms with Crippen LogP contribution in [-0.4, -0.2) is 39.1 Å². The summed E-state index contributed by atoms with van der Waals surface area (Å²) in [5.74, 6) is 2.60. The van der Waals surface area contributed by atoms with Gasteiger partial charge in [0.1, 0.15) is 0 Å². The Hall–Kier alpha value is -1.44. The molecule has 5 aliphatic rings. The lowest BCUT2D eigenvalue weighted by atomic mass is 9.54. The van der Waals surface area contributed by atoms with Crippen molar-refractivity contribution in [1.29, 1.82) is 0 Å². The molecule has 0 unspecified atom stereocenters. The molecule has 1 heterocycles. The standard InChI is InChI=1S/C23H32N2O4S/c1-15(29-23-10-16-6-17(11-23)8-18(7-16)12-23)13-25-30(27,28)21-4-2-19(3-5-21)20-9-22(26)24-14-20/h2-5,15-18,20,25H,6-14H2,1H3,(H,24,26)/t15-,16?,17?,18?,20+,23?/m0/s1. The second-order valence-electron chi connectivity index (χ2n) is 10.2. The minimum Gasteiger partial charge on any atom is -0.371 e. The third-order valence-corrected chi connectivity index (χ3v) is 9.07. The van der Waals surface area contributed by atoms with Gasteiger partial charge in [0.05, 0.1) is 16.6 Å². The highest BCUT2D eigenvalue weighted by atomic mass is 32.2. The van der Waals surface area contributed by atoms with Crippen molar-refractivity contribution >= 4 is 15.9 Å². The monoisotopic (exact) mass is 432 g/mol. The molecule has 1 saturated heterocycles. The first-order valence-corrected chi connectivity index (χ1v) is 12.8. The summed E-state index contributed by atoms with van der Waals surface area (Å²) in [6, 6.07) is 6.89. The summed E-state index contributed by atoms with van der Waals surface area (Å²) in [5, 5.41) is 2.82. The van der Waals surface area contributed by atoms with Crippen LogP contribution in [0.4, 0.5) is 0 Å². The zero-order valence-corrected chi connectivity index (χ0v) is 18.4. The number of carbonyl (C=O) groups is 1. The van der Waals surface area contributed by atoms with Gasteiger partial charge in [-0.3, -0.25) is 4.79 Å². The molecule has 6 rings (SSSR count). The van der Waals surface area contributed by atoms with Gasteiger partial charge in [0.2, 0.25) is 15.9 Å². The normalized spacial score (nSPS) is 36.1. The van der Waals surface area contributed by atoms with E-state index in [9.17, 15) is 13.2 Å². The Morgan fingerprint density at radius 2 is 1.70 bits per heavy atom. The van der Waals surface area contributed by atoms with Gasteiger partial charge in [0.25, 0.3) is 0 Å². The molecule has 2 N–H and O–H groups in total. The van der Waals surface area contributed by atoms with Gasteiger partial charge in [-0.25, -0.2) is 13.1 Å². The van der Waals surface area contributed by atoms with Gasteiger partial charge in [-0.05, 0) is 80.9 Å². The number of sulfonamides is 1. The fourth-order valence-electron chi connectivity index (χ4n) is 6.71. The minimum atomic E-state index is -3.59. The Kier molecular flexibility index (Phi) is 5.19. The third-order valence-electron chi connectivity index (χ3n) is 7.63. The second kappa shape index (κ2) is 7.61. The molecule has 6 nitrogen and oxygen atoms in total. The molecule has 0 spiro atoms. The van der Waals surface area contributed by atoms with Crippen molar-refractivity contribution in [3.8, 4) is 0 Å². The summed E-state index contributed by atoms with van der Waals surface area (Å²) in [7, 11) is -3.59. The number of hydrogen-bond donors (Lipinski definition) is 2. The minimum absolute atomic E-state index is 0.0198. The van der Waals surface area contributed by atoms with Crippen LogP contribution in [0.2, 0.25) is 0 Å². The van der Waals surface area contributed by atoms with Crippen LogP contribution < -0.4 is 10.0 Å². The van der Waals surface area contributed by atoms with E-state index in [4.69, 9.17) is 4.74 Å². The molecule has 4 bridgehead atoms. The second-order valence-corrected chi connectivity index (χ2v) is 11.9. The van der Waals surface area contributed by atoms with Crippen LogP contribution in [0.15, 0.2) is 29.2 Å². The number of nitrogens with one attached hydrogen (secondary N) is 2. The zero-order valence-electron chi connectivity index (χ0n) is 17.6. The van der Waals surface area contributed by atoms with Crippen LogP contribution in [-0.2, 0) is 19.6 Å². The molecule has 2 atom stereocenters. The number of ether oxygens (including phenoxy) is 1. The van der Waals surface area contributed by atoms with Crippen molar-refractivity contribution in [2.24, 2.45) is 17.8 Å². The van der Waals surface area contributed by atoms with E-state index < -0.39 is 10.0 Å². The molecule has 0 aromatic heterocycles. The highest BCUT2D eigenvalue weighted by Crippen LogP contribution is 2.57. The molecular weight excluding hydrogens is 400 g/mol. The smallest absolute Gasteiger partial charge is 0.240 e. The van der Waals surface area contributed by atoms with Gasteiger partial charge in [0.15, 0.2) is 0 Å². The van der Waals surface area contributed by atoms with E-state index in [-0.39, 0.29) is 35.0 Å². The number of carbonyl (C=O) groups excluding carboxylic acids is 1. The van der Waals surface area contributed by atoms with Gasteiger partial charge in [-0.2, -0.15) is 0 Å². The summed E-state index contributed by atoms with van der Waals surface area (Å²) in [4.78, 5) is 11.7. The Bertz CT molecular complexity index is 876. The van der Waals surface area contributed by atoms with Crippen LogP contribution in [0, 0.1) is 17.8 Å². The molecule has 30 heavy (non-hydrogen) atoms. The molecule has 5 fully saturated rings. The number of rotatable bonds is 7. The van der Waals surface area contributed by atoms with E-state index in [1.807, 2.05) is 19.1 Å². The van der Waals surface area contributed by atoms with Gasteiger partial charge in [0, 0.05) is 25.4 Å². The summed E-state index contributed by atoms with van der Waals surface area (Å²) < 4.78 is 34.8. The van der Waals surface area contributed by atoms with E-state index in [1.54, 1.807) is 12.1 Å². The van der Waals surface area contributed by atoms with Crippen molar-refractivity contribution in [3.63, 3.8) is 0 Å². The molecule has 4 saturated carbocycles. The zero-order chi connectivity index (χ0) is 20.9. The summed E-state index contributed by atoms with van der Waals surface area (Å²) in [6.07, 6.45) is 7.86. The highest BCUT2D eigenvalue weighted by Gasteiger charge is 2.52. The van der Waals surface area contributed by atoms with Crippen LogP contribution in [0.5, 0.6) is 0 Å². The summed E-state index contributed by atoms with van der Waals surface area (Å²) in [6.45, 7) is 2.88. The largest absolute Gasteiger partial charge is 0.371 e. The lowest BCUT2D eigenvalue weighted by Crippen LogP contribution is -2.53. The fourth-order valence-corrected chi connectivity index (χ4v) is 7.83. The SMILES string of the molecule is C[C@@H](CNS(=O)(=O)c1ccc([C@H]2CNC(=O)C2)cc1)OC12CC3CC(CC(C3)C1)C2. The summed E-state index contributed by atoms with van der Waals surface area (Å²) >= 11 is 0. The van der Waals surface area contributed by atoms with Crippen molar-refractivity contribution in [2.45, 2.75) is 74.4 Å². The van der Waals surface area contributed by atoms with Crippen molar-refractivity contribution in [3.05, 3.63) is 29.8 Å². The third kappa shape index (κ3) is 4.04. The lowest BCUT2D eigenvalue weighted by molar-refractivity contribution is -0.182. The predicted octanol–water partition coefficient (Wildman–Crippen LogP) is 2.94. The molecule has 1 aromatic rings. The average Bonchev–Trinajstić information content (AvgIpc) is 3.12. The molecule has 164 valence electrons. The van der Waals surface area contributed by atoms with Crippen molar-refractivity contribution in [2.75, 3.05) is 13.1 Å². The summed E-state index contributed by atoms with van der Waals surface area (Å²) in [5.41, 5.74) is 0.972. The molecule has 1 aliphatic heterocycles. The van der Waals surface area contributed by atoms with Gasteiger partial charge >= 0.3 is 0 Å². The van der Waals surface area contributed by atoms with Crippen LogP contribution >= 0.6 is 0 Å². The quantitative estimate of drug-likeness (QED) is 0.694. The Labute approximate surface area is 179 Å². The predicted molar refractivity (Wildman–Crippen MR) is 113 cm³/mol. The first kappa shape index (κ1) is 20.5. The van der Waals surface area contributed by atoms with E-state index >= 15 is 0 Å². The van der Waals surface area contributed by atoms with Crippen LogP contribution in [0.1, 0.15) is 63.4 Å². The van der Waals surface area contributed by atoms with Crippen molar-refractivity contribution in [1.82, 2.24) is 10.0 Å². The first-order valence-electron chi connectivity index (χ1n) is 11.3. The fraction of sp³-hybridized carbons (Fsp3) is 0.696. The van der Waals surface area contributed by atoms with Crippen LogP contribution in [0.25, 0.3) is 0 Å². The maximum absolute atomic E-state index is 12.8.